The highest BCUT2D eigenvalue weighted by Gasteiger charge is 2.24. The van der Waals surface area contributed by atoms with E-state index in [9.17, 15) is 19.8 Å². The third kappa shape index (κ3) is 48.5. The zero-order chi connectivity index (χ0) is 48.8. The number of aliphatic hydroxyl groups is 2. The first-order valence-corrected chi connectivity index (χ1v) is 27.3. The molecule has 0 aromatic heterocycles. The molecule has 0 aliphatic heterocycles. The van der Waals surface area contributed by atoms with Crippen LogP contribution in [-0.2, 0) is 14.3 Å². The number of aliphatic hydroxyl groups excluding tert-OH is 2. The first-order chi connectivity index (χ1) is 33.0. The summed E-state index contributed by atoms with van der Waals surface area (Å²) in [5.41, 5.74) is 0. The topological polar surface area (TPSA) is 95.9 Å². The summed E-state index contributed by atoms with van der Waals surface area (Å²) in [6.45, 7) is 6.28. The van der Waals surface area contributed by atoms with Crippen LogP contribution in [0.15, 0.2) is 122 Å². The molecule has 3 atom stereocenters. The molecule has 380 valence electrons. The molecular weight excluding hydrogens is 827 g/mol. The summed E-state index contributed by atoms with van der Waals surface area (Å²) in [6.07, 6.45) is 74.0. The second kappa shape index (κ2) is 53.2. The highest BCUT2D eigenvalue weighted by atomic mass is 16.5. The molecule has 6 heteroatoms. The van der Waals surface area contributed by atoms with Gasteiger partial charge in [0.1, 0.15) is 6.10 Å². The van der Waals surface area contributed by atoms with Crippen LogP contribution in [0.2, 0.25) is 0 Å². The van der Waals surface area contributed by atoms with Gasteiger partial charge in [-0.05, 0) is 83.5 Å². The number of amides is 1. The molecule has 0 heterocycles. The van der Waals surface area contributed by atoms with Gasteiger partial charge >= 0.3 is 5.97 Å². The summed E-state index contributed by atoms with van der Waals surface area (Å²) in [5, 5.41) is 23.8. The lowest BCUT2D eigenvalue weighted by atomic mass is 10.0. The summed E-state index contributed by atoms with van der Waals surface area (Å²) in [7, 11) is 0. The summed E-state index contributed by atoms with van der Waals surface area (Å²) >= 11 is 0. The maximum Gasteiger partial charge on any atom is 0.306 e. The van der Waals surface area contributed by atoms with E-state index in [4.69, 9.17) is 4.74 Å². The van der Waals surface area contributed by atoms with E-state index in [1.54, 1.807) is 0 Å². The van der Waals surface area contributed by atoms with Gasteiger partial charge in [0.2, 0.25) is 5.91 Å². The van der Waals surface area contributed by atoms with Crippen LogP contribution < -0.4 is 5.32 Å². The Hall–Kier alpha value is -3.74. The van der Waals surface area contributed by atoms with Crippen LogP contribution in [0.1, 0.15) is 226 Å². The Bertz CT molecular complexity index is 1410. The fraction of sp³-hybridized carbons (Fsp3) is 0.639. The largest absolute Gasteiger partial charge is 0.462 e. The summed E-state index contributed by atoms with van der Waals surface area (Å²) < 4.78 is 5.90. The molecule has 0 aliphatic carbocycles. The van der Waals surface area contributed by atoms with Crippen molar-refractivity contribution in [2.45, 2.75) is 244 Å². The van der Waals surface area contributed by atoms with Crippen LogP contribution in [0.25, 0.3) is 0 Å². The van der Waals surface area contributed by atoms with Crippen LogP contribution in [0.3, 0.4) is 0 Å². The molecule has 67 heavy (non-hydrogen) atoms. The SMILES string of the molecule is CC\C=C/C=C/C=C/C=C\C=C\C=C\CCCCCC(=O)OC(CCC/C=C\C/C=C\C/C=C\C/C=C\CCCCC)CC(=O)NC(CO)C(O)CCCCCCCCCCCCCCCC. The molecule has 0 aromatic carbocycles. The number of esters is 1. The highest BCUT2D eigenvalue weighted by Crippen LogP contribution is 2.17. The van der Waals surface area contributed by atoms with Gasteiger partial charge < -0.3 is 20.3 Å². The van der Waals surface area contributed by atoms with Crippen molar-refractivity contribution in [3.05, 3.63) is 122 Å². The number of allylic oxidation sites excluding steroid dienone is 20. The monoisotopic (exact) mass is 928 g/mol. The zero-order valence-corrected chi connectivity index (χ0v) is 43.2. The molecule has 0 bridgehead atoms. The molecule has 1 amide bonds. The maximum absolute atomic E-state index is 13.2. The van der Waals surface area contributed by atoms with E-state index in [1.165, 1.54) is 96.3 Å². The van der Waals surface area contributed by atoms with Gasteiger partial charge in [-0.15, -0.1) is 0 Å². The third-order valence-corrected chi connectivity index (χ3v) is 11.7. The minimum atomic E-state index is -0.819. The van der Waals surface area contributed by atoms with Gasteiger partial charge in [0.15, 0.2) is 0 Å². The molecule has 0 radical (unpaired) electrons. The lowest BCUT2D eigenvalue weighted by Crippen LogP contribution is -2.46. The highest BCUT2D eigenvalue weighted by molar-refractivity contribution is 5.77. The van der Waals surface area contributed by atoms with Gasteiger partial charge in [0, 0.05) is 6.42 Å². The Morgan fingerprint density at radius 2 is 0.881 bits per heavy atom. The number of hydrogen-bond acceptors (Lipinski definition) is 5. The number of rotatable bonds is 47. The van der Waals surface area contributed by atoms with Crippen LogP contribution in [0.4, 0.5) is 0 Å². The maximum atomic E-state index is 13.2. The van der Waals surface area contributed by atoms with Crippen LogP contribution >= 0.6 is 0 Å². The van der Waals surface area contributed by atoms with Crippen molar-refractivity contribution < 1.29 is 24.5 Å². The van der Waals surface area contributed by atoms with Gasteiger partial charge in [0.05, 0.1) is 25.2 Å². The number of carbonyl (C=O) groups excluding carboxylic acids is 2. The predicted octanol–water partition coefficient (Wildman–Crippen LogP) is 16.8. The van der Waals surface area contributed by atoms with Crippen molar-refractivity contribution in [3.63, 3.8) is 0 Å². The molecule has 0 aromatic rings. The molecule has 0 saturated carbocycles. The van der Waals surface area contributed by atoms with E-state index in [2.05, 4.69) is 92.9 Å². The van der Waals surface area contributed by atoms with E-state index < -0.39 is 18.2 Å². The van der Waals surface area contributed by atoms with Crippen molar-refractivity contribution in [1.82, 2.24) is 5.32 Å². The fourth-order valence-electron chi connectivity index (χ4n) is 7.57. The van der Waals surface area contributed by atoms with E-state index in [0.29, 0.717) is 19.3 Å². The van der Waals surface area contributed by atoms with E-state index in [-0.39, 0.29) is 24.9 Å². The minimum Gasteiger partial charge on any atom is -0.462 e. The molecule has 3 unspecified atom stereocenters. The Morgan fingerprint density at radius 1 is 0.463 bits per heavy atom. The van der Waals surface area contributed by atoms with E-state index in [1.807, 2.05) is 54.7 Å². The third-order valence-electron chi connectivity index (χ3n) is 11.7. The molecule has 6 nitrogen and oxygen atoms in total. The van der Waals surface area contributed by atoms with Crippen molar-refractivity contribution >= 4 is 11.9 Å². The molecule has 0 spiro atoms. The van der Waals surface area contributed by atoms with Crippen molar-refractivity contribution in [2.75, 3.05) is 6.61 Å². The molecular formula is C61H101NO5. The van der Waals surface area contributed by atoms with E-state index in [0.717, 1.165) is 83.5 Å². The average molecular weight is 928 g/mol. The zero-order valence-electron chi connectivity index (χ0n) is 43.2. The van der Waals surface area contributed by atoms with Gasteiger partial charge in [-0.2, -0.15) is 0 Å². The number of unbranched alkanes of at least 4 members (excludes halogenated alkanes) is 20. The Balaban J connectivity index is 4.80. The number of nitrogens with one attached hydrogen (secondary N) is 1. The summed E-state index contributed by atoms with van der Waals surface area (Å²) in [6, 6.07) is -0.738. The molecule has 3 N–H and O–H groups in total. The van der Waals surface area contributed by atoms with Crippen molar-refractivity contribution in [2.24, 2.45) is 0 Å². The number of hydrogen-bond donors (Lipinski definition) is 3. The van der Waals surface area contributed by atoms with Gasteiger partial charge in [-0.1, -0.05) is 251 Å². The number of carbonyl (C=O) groups is 2. The second-order valence-corrected chi connectivity index (χ2v) is 18.0. The van der Waals surface area contributed by atoms with Crippen LogP contribution in [0.5, 0.6) is 0 Å². The van der Waals surface area contributed by atoms with Gasteiger partial charge in [-0.25, -0.2) is 0 Å². The Labute approximate surface area is 412 Å². The Kier molecular flexibility index (Phi) is 50.2. The Morgan fingerprint density at radius 3 is 1.40 bits per heavy atom. The van der Waals surface area contributed by atoms with Gasteiger partial charge in [-0.3, -0.25) is 9.59 Å². The molecule has 0 fully saturated rings. The normalized spacial score (nSPS) is 14.2. The summed E-state index contributed by atoms with van der Waals surface area (Å²) in [5.74, 6) is -0.589. The second-order valence-electron chi connectivity index (χ2n) is 18.0. The minimum absolute atomic E-state index is 0.0138. The molecule has 0 aliphatic rings. The molecule has 0 saturated heterocycles. The first-order valence-electron chi connectivity index (χ1n) is 27.3. The number of ether oxygens (including phenoxy) is 1. The summed E-state index contributed by atoms with van der Waals surface area (Å²) in [4.78, 5) is 26.2. The smallest absolute Gasteiger partial charge is 0.306 e. The lowest BCUT2D eigenvalue weighted by Gasteiger charge is -2.24. The van der Waals surface area contributed by atoms with Crippen molar-refractivity contribution in [1.29, 1.82) is 0 Å². The first kappa shape index (κ1) is 63.3. The average Bonchev–Trinajstić information content (AvgIpc) is 3.32. The quantitative estimate of drug-likeness (QED) is 0.0245. The van der Waals surface area contributed by atoms with Crippen LogP contribution in [-0.4, -0.2) is 46.9 Å². The molecule has 0 rings (SSSR count). The lowest BCUT2D eigenvalue weighted by molar-refractivity contribution is -0.151. The standard InChI is InChI=1S/C61H101NO5/c1-4-7-10-13-16-19-22-25-28-30-32-34-37-40-43-46-49-52-57(67-61(66)54-51-48-45-42-39-36-33-31-29-26-23-20-17-14-11-8-5-2)55-60(65)62-58(56-63)59(64)53-50-47-44-41-38-35-27-24-21-18-15-12-9-6-3/h8,11,14,16-17,19-20,23,25-26,28-29,31-34,36,39-40,43,57-59,63-64H,4-7,9-10,12-13,15,18,21-22,24,27,30,35,37-38,41-42,44-56H2,1-3H3,(H,62,65)/b11-8-,17-14+,19-16-,23-20+,28-25-,29-26-,33-31+,34-32-,39-36+,43-40-. The predicted molar refractivity (Wildman–Crippen MR) is 291 cm³/mol. The fourth-order valence-corrected chi connectivity index (χ4v) is 7.57. The van der Waals surface area contributed by atoms with Crippen LogP contribution in [0, 0.1) is 0 Å². The van der Waals surface area contributed by atoms with Gasteiger partial charge in [0.25, 0.3) is 0 Å². The van der Waals surface area contributed by atoms with Crippen molar-refractivity contribution in [3.8, 4) is 0 Å². The van der Waals surface area contributed by atoms with E-state index >= 15 is 0 Å².